The van der Waals surface area contributed by atoms with Gasteiger partial charge in [0.25, 0.3) is 5.91 Å². The van der Waals surface area contributed by atoms with Crippen LogP contribution in [-0.4, -0.2) is 34.7 Å². The Bertz CT molecular complexity index is 769. The molecule has 0 aliphatic heterocycles. The highest BCUT2D eigenvalue weighted by Gasteiger charge is 2.15. The van der Waals surface area contributed by atoms with Crippen LogP contribution in [0.25, 0.3) is 5.69 Å². The van der Waals surface area contributed by atoms with Gasteiger partial charge in [0.2, 0.25) is 11.3 Å². The molecule has 1 aromatic heterocycles. The van der Waals surface area contributed by atoms with Crippen LogP contribution in [0.4, 0.5) is 0 Å². The maximum absolute atomic E-state index is 12.1. The fraction of sp³-hybridized carbons (Fsp3) is 0.250. The van der Waals surface area contributed by atoms with E-state index in [1.54, 1.807) is 13.8 Å². The lowest BCUT2D eigenvalue weighted by molar-refractivity contribution is -0.120. The van der Waals surface area contributed by atoms with E-state index in [-0.39, 0.29) is 18.1 Å². The molecule has 2 amide bonds. The molecule has 0 aliphatic carbocycles. The Balaban J connectivity index is 2.27. The number of rotatable bonds is 5. The number of hydrogen-bond acceptors (Lipinski definition) is 4. The third-order valence-electron chi connectivity index (χ3n) is 3.11. The van der Waals surface area contributed by atoms with Crippen molar-refractivity contribution in [3.63, 3.8) is 0 Å². The minimum atomic E-state index is -0.675. The molecule has 0 saturated carbocycles. The average molecular weight is 314 g/mol. The SMILES string of the molecule is CCNC(=O)CNC(=O)c1nn(-c2ccccc2)c(C)cc1=O. The van der Waals surface area contributed by atoms with Crippen LogP contribution in [0.5, 0.6) is 0 Å². The summed E-state index contributed by atoms with van der Waals surface area (Å²) < 4.78 is 1.52. The van der Waals surface area contributed by atoms with Crippen LogP contribution < -0.4 is 16.1 Å². The molecule has 23 heavy (non-hydrogen) atoms. The smallest absolute Gasteiger partial charge is 0.276 e. The van der Waals surface area contributed by atoms with Gasteiger partial charge in [-0.1, -0.05) is 18.2 Å². The second-order valence-electron chi connectivity index (χ2n) is 4.88. The normalized spacial score (nSPS) is 10.2. The predicted molar refractivity (Wildman–Crippen MR) is 85.6 cm³/mol. The van der Waals surface area contributed by atoms with Gasteiger partial charge in [-0.15, -0.1) is 0 Å². The Kier molecular flexibility index (Phi) is 5.24. The van der Waals surface area contributed by atoms with Crippen LogP contribution >= 0.6 is 0 Å². The van der Waals surface area contributed by atoms with Crippen molar-refractivity contribution in [2.24, 2.45) is 0 Å². The molecule has 1 heterocycles. The van der Waals surface area contributed by atoms with Crippen molar-refractivity contribution in [2.45, 2.75) is 13.8 Å². The fourth-order valence-corrected chi connectivity index (χ4v) is 2.04. The van der Waals surface area contributed by atoms with Gasteiger partial charge in [0.1, 0.15) is 0 Å². The number of likely N-dealkylation sites (N-methyl/N-ethyl adjacent to an activating group) is 1. The van der Waals surface area contributed by atoms with Crippen LogP contribution in [0.15, 0.2) is 41.2 Å². The molecular weight excluding hydrogens is 296 g/mol. The van der Waals surface area contributed by atoms with Crippen LogP contribution in [0.3, 0.4) is 0 Å². The molecule has 7 nitrogen and oxygen atoms in total. The number of aryl methyl sites for hydroxylation is 1. The summed E-state index contributed by atoms with van der Waals surface area (Å²) in [5.74, 6) is -0.998. The van der Waals surface area contributed by atoms with Gasteiger partial charge in [-0.3, -0.25) is 14.4 Å². The quantitative estimate of drug-likeness (QED) is 0.836. The lowest BCUT2D eigenvalue weighted by Crippen LogP contribution is -2.39. The number of nitrogens with zero attached hydrogens (tertiary/aromatic N) is 2. The van der Waals surface area contributed by atoms with Crippen molar-refractivity contribution >= 4 is 11.8 Å². The van der Waals surface area contributed by atoms with E-state index in [2.05, 4.69) is 15.7 Å². The Morgan fingerprint density at radius 1 is 1.17 bits per heavy atom. The molecule has 120 valence electrons. The van der Waals surface area contributed by atoms with E-state index in [4.69, 9.17) is 0 Å². The summed E-state index contributed by atoms with van der Waals surface area (Å²) in [4.78, 5) is 35.5. The largest absolute Gasteiger partial charge is 0.355 e. The number of nitrogens with one attached hydrogen (secondary N) is 2. The number of benzene rings is 1. The van der Waals surface area contributed by atoms with E-state index >= 15 is 0 Å². The average Bonchev–Trinajstić information content (AvgIpc) is 2.54. The van der Waals surface area contributed by atoms with Crippen LogP contribution in [-0.2, 0) is 4.79 Å². The molecule has 0 radical (unpaired) electrons. The molecule has 2 aromatic rings. The Morgan fingerprint density at radius 3 is 2.52 bits per heavy atom. The number of amides is 2. The predicted octanol–water partition coefficient (Wildman–Crippen LogP) is 0.407. The summed E-state index contributed by atoms with van der Waals surface area (Å²) in [6, 6.07) is 10.5. The van der Waals surface area contributed by atoms with Gasteiger partial charge < -0.3 is 10.6 Å². The third kappa shape index (κ3) is 4.03. The monoisotopic (exact) mass is 314 g/mol. The van der Waals surface area contributed by atoms with Crippen molar-refractivity contribution < 1.29 is 9.59 Å². The second-order valence-corrected chi connectivity index (χ2v) is 4.88. The number of carbonyl (C=O) groups is 2. The molecule has 0 saturated heterocycles. The summed E-state index contributed by atoms with van der Waals surface area (Å²) >= 11 is 0. The second kappa shape index (κ2) is 7.35. The van der Waals surface area contributed by atoms with Crippen molar-refractivity contribution in [1.82, 2.24) is 20.4 Å². The highest BCUT2D eigenvalue weighted by Crippen LogP contribution is 2.07. The summed E-state index contributed by atoms with van der Waals surface area (Å²) in [5, 5.41) is 9.08. The first-order valence-corrected chi connectivity index (χ1v) is 7.24. The molecule has 0 atom stereocenters. The van der Waals surface area contributed by atoms with E-state index in [9.17, 15) is 14.4 Å². The molecule has 0 spiro atoms. The maximum atomic E-state index is 12.1. The number of hydrogen-bond donors (Lipinski definition) is 2. The standard InChI is InChI=1S/C16H18N4O3/c1-3-17-14(22)10-18-16(23)15-13(21)9-11(2)20(19-15)12-7-5-4-6-8-12/h4-9H,3,10H2,1-2H3,(H,17,22)(H,18,23). The molecule has 0 aliphatic rings. The van der Waals surface area contributed by atoms with Crippen LogP contribution in [0.2, 0.25) is 0 Å². The fourth-order valence-electron chi connectivity index (χ4n) is 2.04. The van der Waals surface area contributed by atoms with Crippen LogP contribution in [0.1, 0.15) is 23.1 Å². The van der Waals surface area contributed by atoms with Gasteiger partial charge >= 0.3 is 0 Å². The molecule has 2 rings (SSSR count). The van der Waals surface area contributed by atoms with Crippen LogP contribution in [0, 0.1) is 6.92 Å². The molecule has 0 bridgehead atoms. The van der Waals surface area contributed by atoms with Crippen molar-refractivity contribution in [1.29, 1.82) is 0 Å². The highest BCUT2D eigenvalue weighted by molar-refractivity contribution is 5.94. The first kappa shape index (κ1) is 16.4. The minimum Gasteiger partial charge on any atom is -0.355 e. The van der Waals surface area contributed by atoms with Crippen molar-refractivity contribution in [3.8, 4) is 5.69 Å². The van der Waals surface area contributed by atoms with E-state index < -0.39 is 11.3 Å². The lowest BCUT2D eigenvalue weighted by Gasteiger charge is -2.11. The summed E-state index contributed by atoms with van der Waals surface area (Å²) in [5.41, 5.74) is 0.621. The molecule has 1 aromatic carbocycles. The minimum absolute atomic E-state index is 0.201. The number of aromatic nitrogens is 2. The van der Waals surface area contributed by atoms with Gasteiger partial charge in [0, 0.05) is 18.3 Å². The van der Waals surface area contributed by atoms with Gasteiger partial charge in [-0.05, 0) is 26.0 Å². The van der Waals surface area contributed by atoms with Crippen molar-refractivity contribution in [3.05, 3.63) is 58.0 Å². The first-order chi connectivity index (χ1) is 11.0. The Morgan fingerprint density at radius 2 is 1.87 bits per heavy atom. The van der Waals surface area contributed by atoms with Gasteiger partial charge in [0.05, 0.1) is 12.2 Å². The number of para-hydroxylation sites is 1. The summed E-state index contributed by atoms with van der Waals surface area (Å²) in [6.07, 6.45) is 0. The molecule has 0 unspecified atom stereocenters. The van der Waals surface area contributed by atoms with E-state index in [0.717, 1.165) is 5.69 Å². The first-order valence-electron chi connectivity index (χ1n) is 7.24. The molecule has 2 N–H and O–H groups in total. The number of carbonyl (C=O) groups excluding carboxylic acids is 2. The molecule has 7 heteroatoms. The zero-order valence-electron chi connectivity index (χ0n) is 13.0. The van der Waals surface area contributed by atoms with E-state index in [1.165, 1.54) is 10.7 Å². The maximum Gasteiger partial charge on any atom is 0.276 e. The molecule has 0 fully saturated rings. The lowest BCUT2D eigenvalue weighted by atomic mass is 10.2. The zero-order chi connectivity index (χ0) is 16.8. The Labute approximate surface area is 133 Å². The van der Waals surface area contributed by atoms with Gasteiger partial charge in [0.15, 0.2) is 5.69 Å². The Hall–Kier alpha value is -2.96. The van der Waals surface area contributed by atoms with Gasteiger partial charge in [-0.25, -0.2) is 4.68 Å². The van der Waals surface area contributed by atoms with E-state index in [0.29, 0.717) is 12.2 Å². The molecular formula is C16H18N4O3. The topological polar surface area (TPSA) is 93.1 Å². The van der Waals surface area contributed by atoms with E-state index in [1.807, 2.05) is 30.3 Å². The highest BCUT2D eigenvalue weighted by atomic mass is 16.2. The van der Waals surface area contributed by atoms with Crippen molar-refractivity contribution in [2.75, 3.05) is 13.1 Å². The zero-order valence-corrected chi connectivity index (χ0v) is 13.0. The summed E-state index contributed by atoms with van der Waals surface area (Å²) in [7, 11) is 0. The van der Waals surface area contributed by atoms with Gasteiger partial charge in [-0.2, -0.15) is 5.10 Å². The summed E-state index contributed by atoms with van der Waals surface area (Å²) in [6.45, 7) is 3.78. The third-order valence-corrected chi connectivity index (χ3v) is 3.11.